The normalized spacial score (nSPS) is 11.9. The summed E-state index contributed by atoms with van der Waals surface area (Å²) < 4.78 is 7.48. The summed E-state index contributed by atoms with van der Waals surface area (Å²) in [5, 5.41) is 10.1. The van der Waals surface area contributed by atoms with Gasteiger partial charge in [-0.25, -0.2) is 0 Å². The molecule has 13 aromatic rings. The second-order valence-corrected chi connectivity index (χ2v) is 17.2. The molecule has 3 aromatic heterocycles. The van der Waals surface area contributed by atoms with Crippen LogP contribution in [0.2, 0.25) is 0 Å². The molecule has 0 fully saturated rings. The molecule has 0 saturated heterocycles. The molecule has 0 N–H and O–H groups in total. The van der Waals surface area contributed by atoms with Crippen LogP contribution in [0.1, 0.15) is 0 Å². The van der Waals surface area contributed by atoms with Crippen LogP contribution in [0, 0.1) is 0 Å². The van der Waals surface area contributed by atoms with Gasteiger partial charge >= 0.3 is 0 Å². The second-order valence-electron chi connectivity index (χ2n) is 16.1. The maximum Gasteiger partial charge on any atom is 0.0541 e. The molecule has 3 heteroatoms. The van der Waals surface area contributed by atoms with Gasteiger partial charge in [0.05, 0.1) is 22.1 Å². The van der Waals surface area contributed by atoms with E-state index in [9.17, 15) is 0 Å². The van der Waals surface area contributed by atoms with E-state index in [4.69, 9.17) is 0 Å². The number of rotatable bonds is 5. The summed E-state index contributed by atoms with van der Waals surface area (Å²) in [4.78, 5) is 0. The van der Waals surface area contributed by atoms with E-state index in [2.05, 4.69) is 228 Å². The lowest BCUT2D eigenvalue weighted by Crippen LogP contribution is -1.94. The van der Waals surface area contributed by atoms with Crippen molar-refractivity contribution < 1.29 is 0 Å². The fraction of sp³-hybridized carbons (Fsp3) is 0. The first-order chi connectivity index (χ1) is 30.2. The van der Waals surface area contributed by atoms with Crippen LogP contribution in [0.5, 0.6) is 0 Å². The highest BCUT2D eigenvalue weighted by molar-refractivity contribution is 7.26. The van der Waals surface area contributed by atoms with Crippen molar-refractivity contribution in [3.63, 3.8) is 0 Å². The fourth-order valence-electron chi connectivity index (χ4n) is 9.80. The van der Waals surface area contributed by atoms with E-state index >= 15 is 0 Å². The molecule has 0 radical (unpaired) electrons. The largest absolute Gasteiger partial charge is 0.309 e. The predicted octanol–water partition coefficient (Wildman–Crippen LogP) is 16.4. The van der Waals surface area contributed by atoms with E-state index < -0.39 is 0 Å². The van der Waals surface area contributed by atoms with E-state index in [0.29, 0.717) is 0 Å². The molecule has 0 saturated carbocycles. The molecule has 0 aliphatic carbocycles. The molecule has 0 atom stereocenters. The summed E-state index contributed by atoms with van der Waals surface area (Å²) in [6, 6.07) is 80.5. The summed E-state index contributed by atoms with van der Waals surface area (Å²) in [6.07, 6.45) is 0. The number of nitrogens with zero attached hydrogens (tertiary/aromatic N) is 2. The van der Waals surface area contributed by atoms with Gasteiger partial charge in [-0.1, -0.05) is 146 Å². The number of fused-ring (bicyclic) bond motifs is 10. The minimum atomic E-state index is 1.17. The Kier molecular flexibility index (Phi) is 7.51. The van der Waals surface area contributed by atoms with Gasteiger partial charge in [0.15, 0.2) is 0 Å². The Hall–Kier alpha value is -7.72. The van der Waals surface area contributed by atoms with Gasteiger partial charge in [-0.3, -0.25) is 0 Å². The van der Waals surface area contributed by atoms with Crippen LogP contribution in [0.25, 0.3) is 119 Å². The van der Waals surface area contributed by atoms with Gasteiger partial charge in [0.2, 0.25) is 0 Å². The Bertz CT molecular complexity index is 3860. The second kappa shape index (κ2) is 13.4. The highest BCUT2D eigenvalue weighted by atomic mass is 32.1. The topological polar surface area (TPSA) is 9.86 Å². The van der Waals surface area contributed by atoms with Crippen molar-refractivity contribution in [3.8, 4) is 44.8 Å². The first-order valence-corrected chi connectivity index (χ1v) is 21.7. The molecule has 61 heavy (non-hydrogen) atoms. The molecule has 284 valence electrons. The molecule has 0 amide bonds. The first kappa shape index (κ1) is 34.2. The minimum absolute atomic E-state index is 1.17. The molecular weight excluding hydrogens is 757 g/mol. The molecule has 0 aliphatic heterocycles. The van der Waals surface area contributed by atoms with Crippen LogP contribution >= 0.6 is 11.3 Å². The van der Waals surface area contributed by atoms with Gasteiger partial charge in [0.25, 0.3) is 0 Å². The molecule has 10 aromatic carbocycles. The maximum absolute atomic E-state index is 2.44. The first-order valence-electron chi connectivity index (χ1n) is 20.9. The summed E-state index contributed by atoms with van der Waals surface area (Å²) in [5.41, 5.74) is 14.5. The fourth-order valence-corrected chi connectivity index (χ4v) is 11.0. The summed E-state index contributed by atoms with van der Waals surface area (Å²) in [7, 11) is 0. The monoisotopic (exact) mass is 792 g/mol. The van der Waals surface area contributed by atoms with Crippen molar-refractivity contribution in [1.29, 1.82) is 0 Å². The van der Waals surface area contributed by atoms with Crippen LogP contribution in [0.3, 0.4) is 0 Å². The van der Waals surface area contributed by atoms with Crippen molar-refractivity contribution >= 4 is 85.9 Å². The molecule has 2 nitrogen and oxygen atoms in total. The van der Waals surface area contributed by atoms with Crippen molar-refractivity contribution in [2.45, 2.75) is 0 Å². The van der Waals surface area contributed by atoms with Crippen molar-refractivity contribution in [2.24, 2.45) is 0 Å². The number of thiophene rings is 1. The zero-order chi connectivity index (χ0) is 40.0. The molecule has 0 aliphatic rings. The highest BCUT2D eigenvalue weighted by Crippen LogP contribution is 2.43. The third-order valence-corrected chi connectivity index (χ3v) is 13.9. The third-order valence-electron chi connectivity index (χ3n) is 12.7. The quantitative estimate of drug-likeness (QED) is 0.164. The maximum atomic E-state index is 2.44. The van der Waals surface area contributed by atoms with Gasteiger partial charge < -0.3 is 9.13 Å². The number of hydrogen-bond acceptors (Lipinski definition) is 1. The Morgan fingerprint density at radius 1 is 0.279 bits per heavy atom. The Labute approximate surface area is 356 Å². The smallest absolute Gasteiger partial charge is 0.0541 e. The van der Waals surface area contributed by atoms with E-state index in [-0.39, 0.29) is 0 Å². The predicted molar refractivity (Wildman–Crippen MR) is 262 cm³/mol. The van der Waals surface area contributed by atoms with Crippen LogP contribution in [0.4, 0.5) is 0 Å². The van der Waals surface area contributed by atoms with Gasteiger partial charge in [-0.05, 0) is 117 Å². The number of hydrogen-bond donors (Lipinski definition) is 0. The third kappa shape index (κ3) is 5.34. The van der Waals surface area contributed by atoms with E-state index in [1.54, 1.807) is 0 Å². The molecule has 0 bridgehead atoms. The van der Waals surface area contributed by atoms with Gasteiger partial charge in [-0.2, -0.15) is 0 Å². The van der Waals surface area contributed by atoms with Crippen LogP contribution in [-0.4, -0.2) is 9.13 Å². The minimum Gasteiger partial charge on any atom is -0.309 e. The van der Waals surface area contributed by atoms with Crippen molar-refractivity contribution in [2.75, 3.05) is 0 Å². The molecule has 3 heterocycles. The van der Waals surface area contributed by atoms with Crippen molar-refractivity contribution in [1.82, 2.24) is 9.13 Å². The van der Waals surface area contributed by atoms with Gasteiger partial charge in [0, 0.05) is 53.1 Å². The molecule has 0 unspecified atom stereocenters. The average Bonchev–Trinajstić information content (AvgIpc) is 3.99. The Balaban J connectivity index is 0.946. The number of aromatic nitrogens is 2. The van der Waals surface area contributed by atoms with Crippen LogP contribution < -0.4 is 0 Å². The summed E-state index contributed by atoms with van der Waals surface area (Å²) in [6.45, 7) is 0. The van der Waals surface area contributed by atoms with E-state index in [1.807, 2.05) is 11.3 Å². The number of para-hydroxylation sites is 2. The van der Waals surface area contributed by atoms with Gasteiger partial charge in [-0.15, -0.1) is 11.3 Å². The van der Waals surface area contributed by atoms with Crippen LogP contribution in [0.15, 0.2) is 218 Å². The highest BCUT2D eigenvalue weighted by Gasteiger charge is 2.18. The van der Waals surface area contributed by atoms with Gasteiger partial charge in [0.1, 0.15) is 0 Å². The molecular formula is C58H36N2S. The standard InChI is InChI=1S/C58H36N2S/c1-2-13-44(14-3-1)59-53-19-8-6-15-47(53)50-34-41(26-30-54(50)59)38-21-23-39(24-22-38)42-27-31-55-51(35-42)52-36-43(46-17-10-18-49-48-16-7-9-20-57(48)61-58(46)49)28-32-56(52)60(55)45-29-25-37-11-4-5-12-40(37)33-45/h1-36H. The lowest BCUT2D eigenvalue weighted by Gasteiger charge is -2.10. The SMILES string of the molecule is c1ccc(-n2c3ccccc3c3cc(-c4ccc(-c5ccc6c(c5)c5cc(-c7cccc8c7sc7ccccc78)ccc5n6-c5ccc6ccccc6c5)cc4)ccc32)cc1. The average molecular weight is 793 g/mol. The lowest BCUT2D eigenvalue weighted by molar-refractivity contribution is 1.18. The zero-order valence-corrected chi connectivity index (χ0v) is 33.9. The Morgan fingerprint density at radius 3 is 1.54 bits per heavy atom. The summed E-state index contributed by atoms with van der Waals surface area (Å²) >= 11 is 1.89. The van der Waals surface area contributed by atoms with Crippen LogP contribution in [-0.2, 0) is 0 Å². The summed E-state index contributed by atoms with van der Waals surface area (Å²) in [5.74, 6) is 0. The lowest BCUT2D eigenvalue weighted by atomic mass is 9.97. The Morgan fingerprint density at radius 2 is 0.803 bits per heavy atom. The number of benzene rings is 10. The zero-order valence-electron chi connectivity index (χ0n) is 33.1. The van der Waals surface area contributed by atoms with Crippen molar-refractivity contribution in [3.05, 3.63) is 218 Å². The van der Waals surface area contributed by atoms with E-state index in [1.165, 1.54) is 119 Å². The molecule has 0 spiro atoms. The molecule has 13 rings (SSSR count). The van der Waals surface area contributed by atoms with E-state index in [0.717, 1.165) is 0 Å².